The van der Waals surface area contributed by atoms with Gasteiger partial charge in [-0.05, 0) is 20.8 Å². The van der Waals surface area contributed by atoms with Gasteiger partial charge in [0.2, 0.25) is 0 Å². The largest absolute Gasteiger partial charge is 0.391 e. The number of hydrogen-bond donors (Lipinski definition) is 3. The Morgan fingerprint density at radius 2 is 1.90 bits per heavy atom. The van der Waals surface area contributed by atoms with Gasteiger partial charge in [-0.3, -0.25) is 0 Å². The van der Waals surface area contributed by atoms with Gasteiger partial charge in [-0.1, -0.05) is 0 Å². The molecule has 4 nitrogen and oxygen atoms in total. The van der Waals surface area contributed by atoms with Crippen molar-refractivity contribution in [2.24, 2.45) is 16.5 Å². The summed E-state index contributed by atoms with van der Waals surface area (Å²) >= 11 is 0. The van der Waals surface area contributed by atoms with Crippen LogP contribution in [0.5, 0.6) is 0 Å². The van der Waals surface area contributed by atoms with Gasteiger partial charge in [0.25, 0.3) is 0 Å². The minimum absolute atomic E-state index is 0.00546. The predicted molar refractivity (Wildman–Crippen MR) is 41.6 cm³/mol. The zero-order valence-corrected chi connectivity index (χ0v) is 6.63. The second kappa shape index (κ2) is 2.88. The Labute approximate surface area is 60.9 Å². The van der Waals surface area contributed by atoms with Crippen molar-refractivity contribution >= 4 is 5.96 Å². The topological polar surface area (TPSA) is 84.6 Å². The van der Waals surface area contributed by atoms with Crippen LogP contribution in [0.15, 0.2) is 4.99 Å². The van der Waals surface area contributed by atoms with E-state index in [-0.39, 0.29) is 5.96 Å². The fourth-order valence-corrected chi connectivity index (χ4v) is 0.426. The summed E-state index contributed by atoms with van der Waals surface area (Å²) in [5.74, 6) is 0.00546. The van der Waals surface area contributed by atoms with Crippen LogP contribution >= 0.6 is 0 Å². The van der Waals surface area contributed by atoms with Crippen molar-refractivity contribution in [3.63, 3.8) is 0 Å². The first kappa shape index (κ1) is 9.23. The van der Waals surface area contributed by atoms with E-state index in [1.807, 2.05) is 0 Å². The quantitative estimate of drug-likeness (QED) is 0.359. The molecule has 5 N–H and O–H groups in total. The summed E-state index contributed by atoms with van der Waals surface area (Å²) in [7, 11) is 0. The van der Waals surface area contributed by atoms with E-state index < -0.39 is 11.6 Å². The highest BCUT2D eigenvalue weighted by atomic mass is 16.3. The SMILES string of the molecule is CC(O)C(C)(C)N=C(N)N. The molecular weight excluding hydrogens is 130 g/mol. The highest BCUT2D eigenvalue weighted by Crippen LogP contribution is 2.13. The van der Waals surface area contributed by atoms with Gasteiger partial charge in [0.05, 0.1) is 11.6 Å². The van der Waals surface area contributed by atoms with Gasteiger partial charge in [-0.25, -0.2) is 4.99 Å². The highest BCUT2D eigenvalue weighted by Gasteiger charge is 2.22. The average Bonchev–Trinajstić information content (AvgIpc) is 1.60. The van der Waals surface area contributed by atoms with Gasteiger partial charge >= 0.3 is 0 Å². The van der Waals surface area contributed by atoms with Crippen LogP contribution in [0, 0.1) is 0 Å². The van der Waals surface area contributed by atoms with Crippen molar-refractivity contribution in [3.05, 3.63) is 0 Å². The number of guanidine groups is 1. The minimum Gasteiger partial charge on any atom is -0.391 e. The molecule has 1 unspecified atom stereocenters. The van der Waals surface area contributed by atoms with Gasteiger partial charge in [0.15, 0.2) is 5.96 Å². The highest BCUT2D eigenvalue weighted by molar-refractivity contribution is 5.76. The molecule has 0 aliphatic rings. The Morgan fingerprint density at radius 3 is 2.00 bits per heavy atom. The summed E-state index contributed by atoms with van der Waals surface area (Å²) in [6.07, 6.45) is -0.547. The third-order valence-electron chi connectivity index (χ3n) is 1.44. The Kier molecular flexibility index (Phi) is 2.65. The number of rotatable bonds is 2. The van der Waals surface area contributed by atoms with E-state index >= 15 is 0 Å². The lowest BCUT2D eigenvalue weighted by Gasteiger charge is -2.22. The van der Waals surface area contributed by atoms with Crippen LogP contribution in [0.2, 0.25) is 0 Å². The van der Waals surface area contributed by atoms with Crippen molar-refractivity contribution in [2.45, 2.75) is 32.4 Å². The van der Waals surface area contributed by atoms with E-state index in [0.717, 1.165) is 0 Å². The molecule has 60 valence electrons. The van der Waals surface area contributed by atoms with Crippen molar-refractivity contribution < 1.29 is 5.11 Å². The molecule has 4 heteroatoms. The Balaban J connectivity index is 4.27. The first-order valence-electron chi connectivity index (χ1n) is 3.15. The number of aliphatic imine (C=N–C) groups is 1. The molecule has 0 heterocycles. The number of hydrogen-bond acceptors (Lipinski definition) is 2. The van der Waals surface area contributed by atoms with Crippen LogP contribution < -0.4 is 11.5 Å². The molecule has 0 fully saturated rings. The van der Waals surface area contributed by atoms with Gasteiger partial charge in [-0.2, -0.15) is 0 Å². The maximum absolute atomic E-state index is 9.11. The normalized spacial score (nSPS) is 14.4. The summed E-state index contributed by atoms with van der Waals surface area (Å²) in [6, 6.07) is 0. The van der Waals surface area contributed by atoms with Crippen LogP contribution in [0.4, 0.5) is 0 Å². The number of aliphatic hydroxyl groups is 1. The molecule has 0 aliphatic carbocycles. The van der Waals surface area contributed by atoms with Crippen molar-refractivity contribution in [3.8, 4) is 0 Å². The molecule has 0 rings (SSSR count). The van der Waals surface area contributed by atoms with E-state index in [0.29, 0.717) is 0 Å². The maximum Gasteiger partial charge on any atom is 0.186 e. The minimum atomic E-state index is -0.584. The molecule has 1 atom stereocenters. The molecule has 0 saturated carbocycles. The third kappa shape index (κ3) is 2.68. The molecule has 0 aromatic heterocycles. The number of aliphatic hydroxyl groups excluding tert-OH is 1. The molecule has 10 heavy (non-hydrogen) atoms. The molecule has 0 radical (unpaired) electrons. The smallest absolute Gasteiger partial charge is 0.186 e. The zero-order valence-electron chi connectivity index (χ0n) is 6.63. The molecule has 0 aliphatic heterocycles. The van der Waals surface area contributed by atoms with Gasteiger partial charge in [-0.15, -0.1) is 0 Å². The van der Waals surface area contributed by atoms with Gasteiger partial charge in [0, 0.05) is 0 Å². The first-order valence-corrected chi connectivity index (χ1v) is 3.15. The van der Waals surface area contributed by atoms with Gasteiger partial charge in [0.1, 0.15) is 0 Å². The molecule has 0 aromatic carbocycles. The molecule has 0 aromatic rings. The second-order valence-corrected chi connectivity index (χ2v) is 2.87. The van der Waals surface area contributed by atoms with Crippen LogP contribution in [-0.2, 0) is 0 Å². The summed E-state index contributed by atoms with van der Waals surface area (Å²) in [6.45, 7) is 5.17. The standard InChI is InChI=1S/C6H15N3O/c1-4(10)6(2,3)9-5(7)8/h4,10H,1-3H3,(H4,7,8,9). The average molecular weight is 145 g/mol. The Bertz CT molecular complexity index is 136. The molecule has 0 amide bonds. The lowest BCUT2D eigenvalue weighted by atomic mass is 10.0. The lowest BCUT2D eigenvalue weighted by Crippen LogP contribution is -2.36. The monoisotopic (exact) mass is 145 g/mol. The summed E-state index contributed by atoms with van der Waals surface area (Å²) < 4.78 is 0. The number of nitrogens with two attached hydrogens (primary N) is 2. The maximum atomic E-state index is 9.11. The molecular formula is C6H15N3O. The van der Waals surface area contributed by atoms with Crippen molar-refractivity contribution in [1.29, 1.82) is 0 Å². The third-order valence-corrected chi connectivity index (χ3v) is 1.44. The van der Waals surface area contributed by atoms with Crippen LogP contribution in [0.1, 0.15) is 20.8 Å². The summed E-state index contributed by atoms with van der Waals surface area (Å²) in [5, 5.41) is 9.11. The zero-order chi connectivity index (χ0) is 8.36. The fraction of sp³-hybridized carbons (Fsp3) is 0.833. The van der Waals surface area contributed by atoms with Crippen molar-refractivity contribution in [2.75, 3.05) is 0 Å². The van der Waals surface area contributed by atoms with Gasteiger partial charge < -0.3 is 16.6 Å². The summed E-state index contributed by atoms with van der Waals surface area (Å²) in [4.78, 5) is 3.83. The Hall–Kier alpha value is -0.770. The van der Waals surface area contributed by atoms with Crippen LogP contribution in [-0.4, -0.2) is 22.7 Å². The predicted octanol–water partition coefficient (Wildman–Crippen LogP) is -0.581. The summed E-state index contributed by atoms with van der Waals surface area (Å²) in [5.41, 5.74) is 9.68. The van der Waals surface area contributed by atoms with E-state index in [9.17, 15) is 0 Å². The second-order valence-electron chi connectivity index (χ2n) is 2.87. The van der Waals surface area contributed by atoms with Crippen LogP contribution in [0.25, 0.3) is 0 Å². The van der Waals surface area contributed by atoms with E-state index in [4.69, 9.17) is 16.6 Å². The first-order chi connectivity index (χ1) is 4.36. The van der Waals surface area contributed by atoms with E-state index in [1.165, 1.54) is 0 Å². The van der Waals surface area contributed by atoms with Crippen molar-refractivity contribution in [1.82, 2.24) is 0 Å². The van der Waals surface area contributed by atoms with Crippen LogP contribution in [0.3, 0.4) is 0 Å². The van der Waals surface area contributed by atoms with E-state index in [2.05, 4.69) is 4.99 Å². The molecule has 0 saturated heterocycles. The van der Waals surface area contributed by atoms with E-state index in [1.54, 1.807) is 20.8 Å². The number of nitrogens with zero attached hydrogens (tertiary/aromatic N) is 1. The molecule has 0 spiro atoms. The molecule has 0 bridgehead atoms. The lowest BCUT2D eigenvalue weighted by molar-refractivity contribution is 0.123. The Morgan fingerprint density at radius 1 is 1.50 bits per heavy atom. The fourth-order valence-electron chi connectivity index (χ4n) is 0.426.